The Labute approximate surface area is 160 Å². The van der Waals surface area contributed by atoms with E-state index in [4.69, 9.17) is 9.47 Å². The molecule has 0 saturated heterocycles. The predicted octanol–water partition coefficient (Wildman–Crippen LogP) is 3.36. The van der Waals surface area contributed by atoms with E-state index in [2.05, 4.69) is 10.3 Å². The third kappa shape index (κ3) is 4.20. The maximum Gasteiger partial charge on any atom is 0.257 e. The van der Waals surface area contributed by atoms with Crippen LogP contribution in [0.15, 0.2) is 41.3 Å². The fourth-order valence-electron chi connectivity index (χ4n) is 2.44. The van der Waals surface area contributed by atoms with Gasteiger partial charge in [0, 0.05) is 11.8 Å². The molecule has 0 bridgehead atoms. The second-order valence-electron chi connectivity index (χ2n) is 5.67. The van der Waals surface area contributed by atoms with E-state index in [-0.39, 0.29) is 10.8 Å². The van der Waals surface area contributed by atoms with Crippen molar-refractivity contribution >= 4 is 42.4 Å². The van der Waals surface area contributed by atoms with Crippen LogP contribution >= 0.6 is 11.3 Å². The van der Waals surface area contributed by atoms with Gasteiger partial charge in [-0.05, 0) is 43.3 Å². The minimum atomic E-state index is -3.30. The maximum atomic E-state index is 12.5. The zero-order valence-corrected chi connectivity index (χ0v) is 16.6. The fraction of sp³-hybridized carbons (Fsp3) is 0.222. The van der Waals surface area contributed by atoms with Crippen molar-refractivity contribution in [3.8, 4) is 11.5 Å². The van der Waals surface area contributed by atoms with E-state index in [0.717, 1.165) is 6.26 Å². The van der Waals surface area contributed by atoms with Crippen LogP contribution in [-0.2, 0) is 9.84 Å². The predicted molar refractivity (Wildman–Crippen MR) is 105 cm³/mol. The molecule has 3 aromatic rings. The van der Waals surface area contributed by atoms with Gasteiger partial charge in [-0.15, -0.1) is 0 Å². The first-order chi connectivity index (χ1) is 12.8. The molecule has 27 heavy (non-hydrogen) atoms. The molecule has 1 N–H and O–H groups in total. The number of ether oxygens (including phenoxy) is 2. The number of nitrogens with zero attached hydrogens (tertiary/aromatic N) is 1. The average Bonchev–Trinajstić information content (AvgIpc) is 3.02. The number of sulfone groups is 1. The van der Waals surface area contributed by atoms with Gasteiger partial charge in [0.25, 0.3) is 5.91 Å². The Morgan fingerprint density at radius 2 is 1.96 bits per heavy atom. The summed E-state index contributed by atoms with van der Waals surface area (Å²) in [5.41, 5.74) is 1.01. The number of fused-ring (bicyclic) bond motifs is 1. The molecule has 1 aromatic heterocycles. The molecule has 7 nitrogen and oxygen atoms in total. The third-order valence-electron chi connectivity index (χ3n) is 3.73. The topological polar surface area (TPSA) is 94.6 Å². The summed E-state index contributed by atoms with van der Waals surface area (Å²) in [5, 5.41) is 3.11. The van der Waals surface area contributed by atoms with Crippen LogP contribution in [0.3, 0.4) is 0 Å². The number of hydrogen-bond donors (Lipinski definition) is 1. The molecule has 9 heteroatoms. The number of anilines is 1. The van der Waals surface area contributed by atoms with E-state index in [9.17, 15) is 13.2 Å². The van der Waals surface area contributed by atoms with Gasteiger partial charge in [0.2, 0.25) is 0 Å². The van der Waals surface area contributed by atoms with E-state index < -0.39 is 9.84 Å². The summed E-state index contributed by atoms with van der Waals surface area (Å²) in [6.45, 7) is 2.35. The Morgan fingerprint density at radius 3 is 2.63 bits per heavy atom. The first kappa shape index (κ1) is 19.1. The van der Waals surface area contributed by atoms with Crippen molar-refractivity contribution in [2.45, 2.75) is 11.8 Å². The van der Waals surface area contributed by atoms with Crippen LogP contribution in [0.4, 0.5) is 5.13 Å². The summed E-state index contributed by atoms with van der Waals surface area (Å²) in [6.07, 6.45) is 1.15. The number of carbonyl (C=O) groups is 1. The molecule has 0 aliphatic carbocycles. The van der Waals surface area contributed by atoms with E-state index >= 15 is 0 Å². The number of nitrogens with one attached hydrogen (secondary N) is 1. The van der Waals surface area contributed by atoms with E-state index in [1.807, 2.05) is 6.92 Å². The summed E-state index contributed by atoms with van der Waals surface area (Å²) >= 11 is 1.21. The summed E-state index contributed by atoms with van der Waals surface area (Å²) < 4.78 is 34.7. The summed E-state index contributed by atoms with van der Waals surface area (Å²) in [4.78, 5) is 17.1. The number of thiazole rings is 1. The Balaban J connectivity index is 1.85. The van der Waals surface area contributed by atoms with Crippen molar-refractivity contribution in [2.75, 3.05) is 25.3 Å². The quantitative estimate of drug-likeness (QED) is 0.675. The van der Waals surface area contributed by atoms with Crippen molar-refractivity contribution in [3.05, 3.63) is 42.0 Å². The van der Waals surface area contributed by atoms with Gasteiger partial charge >= 0.3 is 0 Å². The van der Waals surface area contributed by atoms with Gasteiger partial charge in [-0.1, -0.05) is 11.3 Å². The van der Waals surface area contributed by atoms with Gasteiger partial charge in [-0.3, -0.25) is 10.1 Å². The first-order valence-electron chi connectivity index (χ1n) is 8.04. The van der Waals surface area contributed by atoms with E-state index in [1.165, 1.54) is 24.5 Å². The highest BCUT2D eigenvalue weighted by atomic mass is 32.2. The van der Waals surface area contributed by atoms with Gasteiger partial charge in [-0.25, -0.2) is 13.4 Å². The van der Waals surface area contributed by atoms with Crippen molar-refractivity contribution in [1.29, 1.82) is 0 Å². The maximum absolute atomic E-state index is 12.5. The highest BCUT2D eigenvalue weighted by molar-refractivity contribution is 7.90. The molecular formula is C18H18N2O5S2. The zero-order chi connectivity index (χ0) is 19.6. The van der Waals surface area contributed by atoms with Gasteiger partial charge in [-0.2, -0.15) is 0 Å². The van der Waals surface area contributed by atoms with Crippen molar-refractivity contribution < 1.29 is 22.7 Å². The van der Waals surface area contributed by atoms with Crippen molar-refractivity contribution in [3.63, 3.8) is 0 Å². The minimum Gasteiger partial charge on any atom is -0.493 e. The molecule has 2 aromatic carbocycles. The van der Waals surface area contributed by atoms with Gasteiger partial charge in [0.15, 0.2) is 26.5 Å². The minimum absolute atomic E-state index is 0.216. The van der Waals surface area contributed by atoms with Gasteiger partial charge in [0.05, 0.1) is 28.8 Å². The normalized spacial score (nSPS) is 11.4. The number of benzene rings is 2. The standard InChI is InChI=1S/C18H18N2O5S2/c1-4-25-14-8-5-11(9-15(14)24-2)17(21)20-18-19-13-7-6-12(27(3,22)23)10-16(13)26-18/h5-10H,4H2,1-3H3,(H,19,20,21). The van der Waals surface area contributed by atoms with Crippen molar-refractivity contribution in [1.82, 2.24) is 4.98 Å². The lowest BCUT2D eigenvalue weighted by molar-refractivity contribution is 0.102. The highest BCUT2D eigenvalue weighted by Gasteiger charge is 2.15. The van der Waals surface area contributed by atoms with Gasteiger partial charge in [0.1, 0.15) is 0 Å². The van der Waals surface area contributed by atoms with Crippen LogP contribution in [0.5, 0.6) is 11.5 Å². The number of amides is 1. The number of rotatable bonds is 6. The van der Waals surface area contributed by atoms with Crippen LogP contribution in [-0.4, -0.2) is 39.3 Å². The van der Waals surface area contributed by atoms with Crippen LogP contribution in [0, 0.1) is 0 Å². The molecule has 0 aliphatic heterocycles. The number of methoxy groups -OCH3 is 1. The Morgan fingerprint density at radius 1 is 1.19 bits per heavy atom. The van der Waals surface area contributed by atoms with Gasteiger partial charge < -0.3 is 9.47 Å². The zero-order valence-electron chi connectivity index (χ0n) is 15.0. The smallest absolute Gasteiger partial charge is 0.257 e. The van der Waals surface area contributed by atoms with Crippen LogP contribution in [0.25, 0.3) is 10.2 Å². The van der Waals surface area contributed by atoms with Crippen molar-refractivity contribution in [2.24, 2.45) is 0 Å². The number of aromatic nitrogens is 1. The second-order valence-corrected chi connectivity index (χ2v) is 8.72. The highest BCUT2D eigenvalue weighted by Crippen LogP contribution is 2.30. The molecule has 0 radical (unpaired) electrons. The Bertz CT molecular complexity index is 1110. The molecule has 0 fully saturated rings. The molecule has 0 unspecified atom stereocenters. The molecule has 0 aliphatic rings. The molecule has 1 heterocycles. The first-order valence-corrected chi connectivity index (χ1v) is 10.8. The molecule has 0 spiro atoms. The summed E-state index contributed by atoms with van der Waals surface area (Å²) in [5.74, 6) is 0.676. The summed E-state index contributed by atoms with van der Waals surface area (Å²) in [6, 6.07) is 9.58. The monoisotopic (exact) mass is 406 g/mol. The lowest BCUT2D eigenvalue weighted by atomic mass is 10.2. The lowest BCUT2D eigenvalue weighted by Gasteiger charge is -2.10. The van der Waals surface area contributed by atoms with E-state index in [1.54, 1.807) is 30.3 Å². The molecule has 1 amide bonds. The number of hydrogen-bond acceptors (Lipinski definition) is 7. The average molecular weight is 406 g/mol. The number of carbonyl (C=O) groups excluding carboxylic acids is 1. The lowest BCUT2D eigenvalue weighted by Crippen LogP contribution is -2.12. The van der Waals surface area contributed by atoms with E-state index in [0.29, 0.717) is 39.0 Å². The molecular weight excluding hydrogens is 388 g/mol. The Kier molecular flexibility index (Phi) is 5.33. The van der Waals surface area contributed by atoms with Crippen LogP contribution in [0.2, 0.25) is 0 Å². The van der Waals surface area contributed by atoms with Crippen LogP contribution < -0.4 is 14.8 Å². The third-order valence-corrected chi connectivity index (χ3v) is 5.78. The molecule has 3 rings (SSSR count). The second kappa shape index (κ2) is 7.53. The fourth-order valence-corrected chi connectivity index (χ4v) is 4.06. The molecule has 0 atom stereocenters. The van der Waals surface area contributed by atoms with Crippen LogP contribution in [0.1, 0.15) is 17.3 Å². The SMILES string of the molecule is CCOc1ccc(C(=O)Nc2nc3ccc(S(C)(=O)=O)cc3s2)cc1OC. The largest absolute Gasteiger partial charge is 0.493 e. The summed E-state index contributed by atoms with van der Waals surface area (Å²) in [7, 11) is -1.80. The molecule has 142 valence electrons. The Hall–Kier alpha value is -2.65. The molecule has 0 saturated carbocycles.